The highest BCUT2D eigenvalue weighted by molar-refractivity contribution is 6.30. The molecule has 0 bridgehead atoms. The number of anilines is 1. The Bertz CT molecular complexity index is 1040. The lowest BCUT2D eigenvalue weighted by Gasteiger charge is -2.09. The van der Waals surface area contributed by atoms with E-state index in [4.69, 9.17) is 16.3 Å². The van der Waals surface area contributed by atoms with Crippen LogP contribution in [0.3, 0.4) is 0 Å². The molecule has 0 saturated carbocycles. The molecular formula is C24H22ClN3O3. The van der Waals surface area contributed by atoms with Gasteiger partial charge in [0.05, 0.1) is 6.21 Å². The zero-order chi connectivity index (χ0) is 21.9. The lowest BCUT2D eigenvalue weighted by Crippen LogP contribution is -2.20. The highest BCUT2D eigenvalue weighted by atomic mass is 35.5. The van der Waals surface area contributed by atoms with Crippen molar-refractivity contribution in [2.24, 2.45) is 5.10 Å². The van der Waals surface area contributed by atoms with Crippen LogP contribution < -0.4 is 15.5 Å². The second-order valence-corrected chi connectivity index (χ2v) is 7.10. The number of hydrogen-bond donors (Lipinski definition) is 2. The van der Waals surface area contributed by atoms with Crippen LogP contribution in [-0.2, 0) is 16.2 Å². The van der Waals surface area contributed by atoms with Crippen molar-refractivity contribution in [1.82, 2.24) is 5.43 Å². The molecule has 3 aromatic carbocycles. The maximum Gasteiger partial charge on any atom is 0.240 e. The molecule has 0 aromatic heterocycles. The topological polar surface area (TPSA) is 79.8 Å². The first-order valence-corrected chi connectivity index (χ1v) is 10.1. The second kappa shape index (κ2) is 11.5. The van der Waals surface area contributed by atoms with E-state index in [0.29, 0.717) is 23.1 Å². The number of ether oxygens (including phenoxy) is 1. The summed E-state index contributed by atoms with van der Waals surface area (Å²) >= 11 is 5.81. The number of hydrazone groups is 1. The van der Waals surface area contributed by atoms with Gasteiger partial charge in [0.15, 0.2) is 0 Å². The molecule has 0 unspecified atom stereocenters. The van der Waals surface area contributed by atoms with Gasteiger partial charge in [-0.25, -0.2) is 5.43 Å². The Morgan fingerprint density at radius 3 is 2.32 bits per heavy atom. The molecule has 0 aliphatic heterocycles. The lowest BCUT2D eigenvalue weighted by molar-refractivity contribution is -0.124. The Balaban J connectivity index is 1.45. The number of nitrogens with one attached hydrogen (secondary N) is 2. The number of carbonyl (C=O) groups is 2. The summed E-state index contributed by atoms with van der Waals surface area (Å²) < 4.78 is 5.86. The molecule has 2 N–H and O–H groups in total. The molecule has 0 heterocycles. The first kappa shape index (κ1) is 22.1. The molecule has 31 heavy (non-hydrogen) atoms. The van der Waals surface area contributed by atoms with Crippen LogP contribution in [0.15, 0.2) is 84.0 Å². The highest BCUT2D eigenvalue weighted by Crippen LogP contribution is 2.17. The third-order valence-corrected chi connectivity index (χ3v) is 4.51. The van der Waals surface area contributed by atoms with Gasteiger partial charge in [-0.2, -0.15) is 5.10 Å². The van der Waals surface area contributed by atoms with Crippen LogP contribution in [0.25, 0.3) is 0 Å². The molecule has 7 heteroatoms. The van der Waals surface area contributed by atoms with Gasteiger partial charge in [0.25, 0.3) is 0 Å². The standard InChI is InChI=1S/C24H22ClN3O3/c25-20-10-12-21(13-11-20)27-23(29)14-15-24(30)28-26-16-19-8-4-5-9-22(19)31-17-18-6-2-1-3-7-18/h1-13,16H,14-15,17H2,(H,27,29)(H,28,30). The lowest BCUT2D eigenvalue weighted by atomic mass is 10.2. The molecular weight excluding hydrogens is 414 g/mol. The van der Waals surface area contributed by atoms with Crippen LogP contribution >= 0.6 is 11.6 Å². The molecule has 3 aromatic rings. The van der Waals surface area contributed by atoms with Crippen LogP contribution in [0.5, 0.6) is 5.75 Å². The fourth-order valence-electron chi connectivity index (χ4n) is 2.67. The highest BCUT2D eigenvalue weighted by Gasteiger charge is 2.07. The molecule has 0 fully saturated rings. The fraction of sp³-hybridized carbons (Fsp3) is 0.125. The van der Waals surface area contributed by atoms with Gasteiger partial charge in [0.2, 0.25) is 11.8 Å². The summed E-state index contributed by atoms with van der Waals surface area (Å²) in [6.07, 6.45) is 1.58. The number of para-hydroxylation sites is 1. The first-order chi connectivity index (χ1) is 15.1. The third-order valence-electron chi connectivity index (χ3n) is 4.26. The first-order valence-electron chi connectivity index (χ1n) is 9.73. The van der Waals surface area contributed by atoms with Crippen LogP contribution in [0.1, 0.15) is 24.0 Å². The summed E-state index contributed by atoms with van der Waals surface area (Å²) in [5, 5.41) is 7.27. The smallest absolute Gasteiger partial charge is 0.240 e. The third kappa shape index (κ3) is 7.60. The summed E-state index contributed by atoms with van der Waals surface area (Å²) in [5.41, 5.74) is 4.85. The largest absolute Gasteiger partial charge is 0.488 e. The van der Waals surface area contributed by atoms with E-state index >= 15 is 0 Å². The maximum absolute atomic E-state index is 12.0. The average molecular weight is 436 g/mol. The Kier molecular flexibility index (Phi) is 8.20. The van der Waals surface area contributed by atoms with E-state index in [1.807, 2.05) is 54.6 Å². The molecule has 0 radical (unpaired) electrons. The van der Waals surface area contributed by atoms with Gasteiger partial charge in [0.1, 0.15) is 12.4 Å². The molecule has 3 rings (SSSR count). The quantitative estimate of drug-likeness (QED) is 0.374. The molecule has 2 amide bonds. The van der Waals surface area contributed by atoms with Crippen LogP contribution in [0.2, 0.25) is 5.02 Å². The number of halogens is 1. The molecule has 0 saturated heterocycles. The van der Waals surface area contributed by atoms with Gasteiger partial charge in [-0.3, -0.25) is 9.59 Å². The summed E-state index contributed by atoms with van der Waals surface area (Å²) in [5.74, 6) is 0.0398. The van der Waals surface area contributed by atoms with Gasteiger partial charge < -0.3 is 10.1 Å². The molecule has 6 nitrogen and oxygen atoms in total. The van der Waals surface area contributed by atoms with Crippen molar-refractivity contribution >= 4 is 35.3 Å². The number of benzene rings is 3. The van der Waals surface area contributed by atoms with Crippen molar-refractivity contribution in [3.8, 4) is 5.75 Å². The summed E-state index contributed by atoms with van der Waals surface area (Å²) in [6.45, 7) is 0.431. The molecule has 0 spiro atoms. The molecule has 158 valence electrons. The van der Waals surface area contributed by atoms with E-state index < -0.39 is 0 Å². The minimum atomic E-state index is -0.356. The average Bonchev–Trinajstić information content (AvgIpc) is 2.79. The predicted molar refractivity (Wildman–Crippen MR) is 122 cm³/mol. The zero-order valence-corrected chi connectivity index (χ0v) is 17.5. The maximum atomic E-state index is 12.0. The summed E-state index contributed by atoms with van der Waals surface area (Å²) in [4.78, 5) is 23.9. The Morgan fingerprint density at radius 2 is 1.55 bits per heavy atom. The van der Waals surface area contributed by atoms with Crippen molar-refractivity contribution in [2.45, 2.75) is 19.4 Å². The SMILES string of the molecule is O=C(CCC(=O)Nc1ccc(Cl)cc1)NN=Cc1ccccc1OCc1ccccc1. The van der Waals surface area contributed by atoms with E-state index in [1.165, 1.54) is 6.21 Å². The van der Waals surface area contributed by atoms with Crippen molar-refractivity contribution in [2.75, 3.05) is 5.32 Å². The summed E-state index contributed by atoms with van der Waals surface area (Å²) in [7, 11) is 0. The van der Waals surface area contributed by atoms with Crippen LogP contribution in [-0.4, -0.2) is 18.0 Å². The van der Waals surface area contributed by atoms with Gasteiger partial charge in [-0.15, -0.1) is 0 Å². The van der Waals surface area contributed by atoms with E-state index in [0.717, 1.165) is 11.1 Å². The summed E-state index contributed by atoms with van der Waals surface area (Å²) in [6, 6.07) is 24.0. The van der Waals surface area contributed by atoms with Crippen molar-refractivity contribution < 1.29 is 14.3 Å². The van der Waals surface area contributed by atoms with Crippen LogP contribution in [0, 0.1) is 0 Å². The Labute approximate surface area is 185 Å². The van der Waals surface area contributed by atoms with Crippen molar-refractivity contribution in [3.05, 3.63) is 95.0 Å². The molecule has 0 aliphatic carbocycles. The zero-order valence-electron chi connectivity index (χ0n) is 16.8. The molecule has 0 atom stereocenters. The minimum absolute atomic E-state index is 0.0168. The Hall–Kier alpha value is -3.64. The van der Waals surface area contributed by atoms with Gasteiger partial charge in [0, 0.05) is 29.1 Å². The van der Waals surface area contributed by atoms with E-state index in [2.05, 4.69) is 15.8 Å². The molecule has 0 aliphatic rings. The number of hydrogen-bond acceptors (Lipinski definition) is 4. The van der Waals surface area contributed by atoms with Gasteiger partial charge in [-0.1, -0.05) is 54.1 Å². The number of rotatable bonds is 9. The minimum Gasteiger partial charge on any atom is -0.488 e. The normalized spacial score (nSPS) is 10.6. The van der Waals surface area contributed by atoms with Crippen LogP contribution in [0.4, 0.5) is 5.69 Å². The number of nitrogens with zero attached hydrogens (tertiary/aromatic N) is 1. The monoisotopic (exact) mass is 435 g/mol. The van der Waals surface area contributed by atoms with Gasteiger partial charge >= 0.3 is 0 Å². The van der Waals surface area contributed by atoms with Crippen molar-refractivity contribution in [3.63, 3.8) is 0 Å². The second-order valence-electron chi connectivity index (χ2n) is 6.66. The van der Waals surface area contributed by atoms with E-state index in [-0.39, 0.29) is 24.7 Å². The van der Waals surface area contributed by atoms with Crippen molar-refractivity contribution in [1.29, 1.82) is 0 Å². The fourth-order valence-corrected chi connectivity index (χ4v) is 2.79. The van der Waals surface area contributed by atoms with E-state index in [1.54, 1.807) is 24.3 Å². The van der Waals surface area contributed by atoms with Gasteiger partial charge in [-0.05, 0) is 42.0 Å². The van der Waals surface area contributed by atoms with E-state index in [9.17, 15) is 9.59 Å². The Morgan fingerprint density at radius 1 is 0.871 bits per heavy atom. The predicted octanol–water partition coefficient (Wildman–Crippen LogP) is 4.79. The number of amides is 2. The number of carbonyl (C=O) groups excluding carboxylic acids is 2.